The van der Waals surface area contributed by atoms with E-state index in [1.807, 2.05) is 35.0 Å². The smallest absolute Gasteiger partial charge is 0.113 e. The van der Waals surface area contributed by atoms with Crippen LogP contribution >= 0.6 is 0 Å². The maximum atomic E-state index is 4.31. The molecule has 0 saturated carbocycles. The Morgan fingerprint density at radius 3 is 2.52 bits per heavy atom. The van der Waals surface area contributed by atoms with Crippen molar-refractivity contribution in [2.24, 2.45) is 0 Å². The Kier molecular flexibility index (Phi) is 3.47. The summed E-state index contributed by atoms with van der Waals surface area (Å²) in [5, 5.41) is 12.1. The van der Waals surface area contributed by atoms with E-state index in [0.29, 0.717) is 0 Å². The van der Waals surface area contributed by atoms with Gasteiger partial charge in [-0.3, -0.25) is 0 Å². The quantitative estimate of drug-likeness (QED) is 0.800. The molecule has 0 atom stereocenters. The van der Waals surface area contributed by atoms with Gasteiger partial charge < -0.3 is 5.32 Å². The molecule has 0 saturated heterocycles. The monoisotopic (exact) mass is 280 g/mol. The summed E-state index contributed by atoms with van der Waals surface area (Å²) in [6.45, 7) is 7.30. The van der Waals surface area contributed by atoms with Crippen molar-refractivity contribution in [1.29, 1.82) is 0 Å². The first-order chi connectivity index (χ1) is 10.0. The van der Waals surface area contributed by atoms with Crippen LogP contribution in [0.5, 0.6) is 0 Å². The predicted octanol–water partition coefficient (Wildman–Crippen LogP) is 3.31. The highest BCUT2D eigenvalue weighted by molar-refractivity contribution is 5.76. The summed E-state index contributed by atoms with van der Waals surface area (Å²) >= 11 is 0. The van der Waals surface area contributed by atoms with Gasteiger partial charge >= 0.3 is 0 Å². The second-order valence-electron chi connectivity index (χ2n) is 6.22. The SMILES string of the molecule is CC(C)(C)NCc1ccccc1-n1nnc2ccccc21. The van der Waals surface area contributed by atoms with Gasteiger partial charge in [-0.15, -0.1) is 5.10 Å². The lowest BCUT2D eigenvalue weighted by molar-refractivity contribution is 0.424. The Bertz CT molecular complexity index is 753. The zero-order valence-electron chi connectivity index (χ0n) is 12.7. The fraction of sp³-hybridized carbons (Fsp3) is 0.294. The van der Waals surface area contributed by atoms with Crippen molar-refractivity contribution in [3.05, 3.63) is 54.1 Å². The van der Waals surface area contributed by atoms with Crippen LogP contribution in [0.25, 0.3) is 16.7 Å². The fourth-order valence-corrected chi connectivity index (χ4v) is 2.27. The summed E-state index contributed by atoms with van der Waals surface area (Å²) in [4.78, 5) is 0. The first kappa shape index (κ1) is 13.8. The van der Waals surface area contributed by atoms with Gasteiger partial charge in [0.25, 0.3) is 0 Å². The van der Waals surface area contributed by atoms with Crippen LogP contribution in [0.4, 0.5) is 0 Å². The highest BCUT2D eigenvalue weighted by Gasteiger charge is 2.13. The number of fused-ring (bicyclic) bond motifs is 1. The Labute approximate surface area is 124 Å². The van der Waals surface area contributed by atoms with Crippen LogP contribution in [-0.2, 0) is 6.54 Å². The molecule has 0 bridgehead atoms. The number of rotatable bonds is 3. The van der Waals surface area contributed by atoms with Gasteiger partial charge in [0.2, 0.25) is 0 Å². The highest BCUT2D eigenvalue weighted by Crippen LogP contribution is 2.19. The molecular formula is C17H20N4. The molecule has 3 aromatic rings. The van der Waals surface area contributed by atoms with Crippen molar-refractivity contribution in [3.63, 3.8) is 0 Å². The molecule has 2 aromatic carbocycles. The van der Waals surface area contributed by atoms with E-state index in [-0.39, 0.29) is 5.54 Å². The Balaban J connectivity index is 2.02. The van der Waals surface area contributed by atoms with Crippen molar-refractivity contribution in [2.45, 2.75) is 32.9 Å². The first-order valence-electron chi connectivity index (χ1n) is 7.18. The number of para-hydroxylation sites is 2. The number of nitrogens with one attached hydrogen (secondary N) is 1. The molecule has 0 fully saturated rings. The van der Waals surface area contributed by atoms with E-state index in [0.717, 1.165) is 23.3 Å². The minimum Gasteiger partial charge on any atom is -0.308 e. The minimum atomic E-state index is 0.0809. The third-order valence-corrected chi connectivity index (χ3v) is 3.38. The number of hydrogen-bond donors (Lipinski definition) is 1. The second-order valence-corrected chi connectivity index (χ2v) is 6.22. The summed E-state index contributed by atoms with van der Waals surface area (Å²) in [6.07, 6.45) is 0. The molecule has 1 heterocycles. The van der Waals surface area contributed by atoms with Crippen LogP contribution < -0.4 is 5.32 Å². The summed E-state index contributed by atoms with van der Waals surface area (Å²) < 4.78 is 1.91. The predicted molar refractivity (Wildman–Crippen MR) is 85.5 cm³/mol. The normalized spacial score (nSPS) is 12.0. The van der Waals surface area contributed by atoms with Crippen molar-refractivity contribution in [3.8, 4) is 5.69 Å². The van der Waals surface area contributed by atoms with E-state index in [2.05, 4.69) is 54.6 Å². The Morgan fingerprint density at radius 2 is 1.71 bits per heavy atom. The second kappa shape index (κ2) is 5.30. The van der Waals surface area contributed by atoms with Crippen LogP contribution in [0.2, 0.25) is 0 Å². The molecular weight excluding hydrogens is 260 g/mol. The van der Waals surface area contributed by atoms with E-state index in [1.165, 1.54) is 5.56 Å². The Hall–Kier alpha value is -2.20. The molecule has 3 rings (SSSR count). The molecule has 0 radical (unpaired) electrons. The maximum absolute atomic E-state index is 4.31. The summed E-state index contributed by atoms with van der Waals surface area (Å²) in [5.74, 6) is 0. The molecule has 0 unspecified atom stereocenters. The third kappa shape index (κ3) is 2.95. The topological polar surface area (TPSA) is 42.7 Å². The number of nitrogens with zero attached hydrogens (tertiary/aromatic N) is 3. The summed E-state index contributed by atoms with van der Waals surface area (Å²) in [7, 11) is 0. The lowest BCUT2D eigenvalue weighted by Crippen LogP contribution is -2.35. The Morgan fingerprint density at radius 1 is 1.00 bits per heavy atom. The summed E-state index contributed by atoms with van der Waals surface area (Å²) in [5.41, 5.74) is 4.31. The van der Waals surface area contributed by atoms with Gasteiger partial charge in [-0.2, -0.15) is 0 Å². The average Bonchev–Trinajstić information content (AvgIpc) is 2.88. The molecule has 0 aliphatic heterocycles. The van der Waals surface area contributed by atoms with Crippen LogP contribution in [0, 0.1) is 0 Å². The van der Waals surface area contributed by atoms with E-state index in [1.54, 1.807) is 0 Å². The molecule has 108 valence electrons. The lowest BCUT2D eigenvalue weighted by atomic mass is 10.1. The zero-order chi connectivity index (χ0) is 14.9. The molecule has 0 aliphatic rings. The molecule has 21 heavy (non-hydrogen) atoms. The third-order valence-electron chi connectivity index (χ3n) is 3.38. The first-order valence-corrected chi connectivity index (χ1v) is 7.18. The fourth-order valence-electron chi connectivity index (χ4n) is 2.27. The highest BCUT2D eigenvalue weighted by atomic mass is 15.4. The maximum Gasteiger partial charge on any atom is 0.113 e. The van der Waals surface area contributed by atoms with Crippen molar-refractivity contribution in [2.75, 3.05) is 0 Å². The molecule has 0 amide bonds. The van der Waals surface area contributed by atoms with Crippen LogP contribution in [-0.4, -0.2) is 20.5 Å². The average molecular weight is 280 g/mol. The van der Waals surface area contributed by atoms with Crippen LogP contribution in [0.3, 0.4) is 0 Å². The van der Waals surface area contributed by atoms with E-state index < -0.39 is 0 Å². The van der Waals surface area contributed by atoms with Gasteiger partial charge in [0.1, 0.15) is 5.52 Å². The number of hydrogen-bond acceptors (Lipinski definition) is 3. The van der Waals surface area contributed by atoms with E-state index in [9.17, 15) is 0 Å². The van der Waals surface area contributed by atoms with Crippen molar-refractivity contribution >= 4 is 11.0 Å². The minimum absolute atomic E-state index is 0.0809. The van der Waals surface area contributed by atoms with E-state index in [4.69, 9.17) is 0 Å². The molecule has 0 spiro atoms. The molecule has 1 N–H and O–H groups in total. The lowest BCUT2D eigenvalue weighted by Gasteiger charge is -2.21. The van der Waals surface area contributed by atoms with Gasteiger partial charge in [0, 0.05) is 12.1 Å². The standard InChI is InChI=1S/C17H20N4/c1-17(2,3)18-12-13-8-4-6-10-15(13)21-16-11-7-5-9-14(16)19-20-21/h4-11,18H,12H2,1-3H3. The van der Waals surface area contributed by atoms with E-state index >= 15 is 0 Å². The molecule has 4 heteroatoms. The number of benzene rings is 2. The molecule has 1 aromatic heterocycles. The van der Waals surface area contributed by atoms with Crippen molar-refractivity contribution < 1.29 is 0 Å². The largest absolute Gasteiger partial charge is 0.308 e. The summed E-state index contributed by atoms with van der Waals surface area (Å²) in [6, 6.07) is 16.3. The van der Waals surface area contributed by atoms with Crippen molar-refractivity contribution in [1.82, 2.24) is 20.3 Å². The van der Waals surface area contributed by atoms with Gasteiger partial charge in [0.15, 0.2) is 0 Å². The van der Waals surface area contributed by atoms with Crippen LogP contribution in [0.15, 0.2) is 48.5 Å². The zero-order valence-corrected chi connectivity index (χ0v) is 12.7. The van der Waals surface area contributed by atoms with Gasteiger partial charge in [-0.05, 0) is 44.5 Å². The van der Waals surface area contributed by atoms with Crippen LogP contribution in [0.1, 0.15) is 26.3 Å². The van der Waals surface area contributed by atoms with Gasteiger partial charge in [-0.25, -0.2) is 4.68 Å². The molecule has 4 nitrogen and oxygen atoms in total. The van der Waals surface area contributed by atoms with Gasteiger partial charge in [0.05, 0.1) is 11.2 Å². The van der Waals surface area contributed by atoms with Gasteiger partial charge in [-0.1, -0.05) is 35.5 Å². The molecule has 0 aliphatic carbocycles. The number of aromatic nitrogens is 3.